The molecule has 0 saturated carbocycles. The summed E-state index contributed by atoms with van der Waals surface area (Å²) in [6.45, 7) is 2.01. The van der Waals surface area contributed by atoms with Crippen molar-refractivity contribution in [1.29, 1.82) is 0 Å². The van der Waals surface area contributed by atoms with E-state index in [9.17, 15) is 17.2 Å². The molecular formula is C11H10F2N2O2S4. The molecule has 0 N–H and O–H groups in total. The Morgan fingerprint density at radius 1 is 1.19 bits per heavy atom. The van der Waals surface area contributed by atoms with Gasteiger partial charge in [0.15, 0.2) is 8.68 Å². The van der Waals surface area contributed by atoms with Crippen molar-refractivity contribution in [2.75, 3.05) is 5.75 Å². The molecule has 114 valence electrons. The molecule has 4 nitrogen and oxygen atoms in total. The van der Waals surface area contributed by atoms with E-state index in [-0.39, 0.29) is 4.90 Å². The van der Waals surface area contributed by atoms with E-state index < -0.39 is 15.6 Å². The predicted molar refractivity (Wildman–Crippen MR) is 80.1 cm³/mol. The first-order valence-corrected chi connectivity index (χ1v) is 9.86. The average molecular weight is 368 g/mol. The summed E-state index contributed by atoms with van der Waals surface area (Å²) in [6, 6.07) is 5.31. The molecule has 2 rings (SSSR count). The van der Waals surface area contributed by atoms with E-state index in [2.05, 4.69) is 10.2 Å². The monoisotopic (exact) mass is 368 g/mol. The molecule has 0 bridgehead atoms. The largest absolute Gasteiger partial charge is 0.341 e. The molecule has 2 aromatic rings. The maximum Gasteiger partial charge on any atom is 0.341 e. The summed E-state index contributed by atoms with van der Waals surface area (Å²) in [6.07, 6.45) is 0. The van der Waals surface area contributed by atoms with Crippen molar-refractivity contribution in [2.24, 2.45) is 0 Å². The van der Waals surface area contributed by atoms with Gasteiger partial charge in [0.05, 0.1) is 4.90 Å². The number of alkyl halides is 2. The van der Waals surface area contributed by atoms with Crippen LogP contribution in [0, 0.1) is 0 Å². The van der Waals surface area contributed by atoms with Crippen LogP contribution in [0.4, 0.5) is 8.78 Å². The highest BCUT2D eigenvalue weighted by Gasteiger charge is 2.26. The molecule has 0 aliphatic rings. The second kappa shape index (κ2) is 7.03. The Bertz CT molecular complexity index is 701. The Balaban J connectivity index is 2.12. The second-order valence-corrected chi connectivity index (χ2v) is 9.37. The molecule has 1 aromatic heterocycles. The fraction of sp³-hybridized carbons (Fsp3) is 0.273. The van der Waals surface area contributed by atoms with E-state index in [1.54, 1.807) is 11.8 Å². The highest BCUT2D eigenvalue weighted by molar-refractivity contribution is 8.03. The Morgan fingerprint density at radius 2 is 1.81 bits per heavy atom. The van der Waals surface area contributed by atoms with Gasteiger partial charge in [-0.2, -0.15) is 8.78 Å². The van der Waals surface area contributed by atoms with Crippen molar-refractivity contribution < 1.29 is 17.2 Å². The third-order valence-electron chi connectivity index (χ3n) is 2.25. The number of hydrogen-bond donors (Lipinski definition) is 0. The van der Waals surface area contributed by atoms with E-state index in [0.717, 1.165) is 14.4 Å². The molecule has 21 heavy (non-hydrogen) atoms. The van der Waals surface area contributed by atoms with Crippen LogP contribution in [0.2, 0.25) is 0 Å². The Labute approximate surface area is 133 Å². The van der Waals surface area contributed by atoms with Gasteiger partial charge in [-0.3, -0.25) is 0 Å². The van der Waals surface area contributed by atoms with Crippen LogP contribution in [0.25, 0.3) is 0 Å². The number of benzene rings is 1. The van der Waals surface area contributed by atoms with Crippen LogP contribution in [-0.4, -0.2) is 30.1 Å². The maximum atomic E-state index is 12.4. The maximum absolute atomic E-state index is 12.4. The van der Waals surface area contributed by atoms with Gasteiger partial charge in [-0.15, -0.1) is 10.2 Å². The molecule has 0 spiro atoms. The van der Waals surface area contributed by atoms with Crippen molar-refractivity contribution in [1.82, 2.24) is 10.2 Å². The first-order chi connectivity index (χ1) is 9.93. The quantitative estimate of drug-likeness (QED) is 0.723. The Kier molecular flexibility index (Phi) is 5.58. The minimum Gasteiger partial charge on any atom is -0.218 e. The lowest BCUT2D eigenvalue weighted by molar-refractivity contribution is 0.234. The van der Waals surface area contributed by atoms with Gasteiger partial charge in [0.1, 0.15) is 0 Å². The van der Waals surface area contributed by atoms with E-state index >= 15 is 0 Å². The standard InChI is InChI=1S/C11H10F2N2O2S4/c1-2-18-10-14-15-11(20-10)19-7-3-5-8(6-4-7)21(16,17)9(12)13/h3-6,9H,2H2,1H3. The fourth-order valence-corrected chi connectivity index (χ4v) is 4.93. The Morgan fingerprint density at radius 3 is 2.38 bits per heavy atom. The summed E-state index contributed by atoms with van der Waals surface area (Å²) in [5.74, 6) is -2.51. The second-order valence-electron chi connectivity index (χ2n) is 3.65. The molecule has 0 unspecified atom stereocenters. The molecule has 0 saturated heterocycles. The number of sulfone groups is 1. The van der Waals surface area contributed by atoms with E-state index in [1.807, 2.05) is 6.92 Å². The summed E-state index contributed by atoms with van der Waals surface area (Å²) >= 11 is 4.33. The molecule has 0 aliphatic heterocycles. The average Bonchev–Trinajstić information content (AvgIpc) is 2.87. The Hall–Kier alpha value is -0.710. The topological polar surface area (TPSA) is 59.9 Å². The minimum atomic E-state index is -4.54. The summed E-state index contributed by atoms with van der Waals surface area (Å²) in [5, 5.41) is 8.00. The summed E-state index contributed by atoms with van der Waals surface area (Å²) in [7, 11) is -4.54. The number of nitrogens with zero attached hydrogens (tertiary/aromatic N) is 2. The van der Waals surface area contributed by atoms with Crippen LogP contribution in [0.5, 0.6) is 0 Å². The van der Waals surface area contributed by atoms with Crippen molar-refractivity contribution in [3.8, 4) is 0 Å². The van der Waals surface area contributed by atoms with Crippen molar-refractivity contribution >= 4 is 44.7 Å². The number of thioether (sulfide) groups is 1. The van der Waals surface area contributed by atoms with Crippen molar-refractivity contribution in [2.45, 2.75) is 31.2 Å². The number of halogens is 2. The van der Waals surface area contributed by atoms with Gasteiger partial charge in [0.2, 0.25) is 9.84 Å². The van der Waals surface area contributed by atoms with Gasteiger partial charge in [-0.25, -0.2) is 8.42 Å². The van der Waals surface area contributed by atoms with E-state index in [0.29, 0.717) is 4.90 Å². The van der Waals surface area contributed by atoms with Gasteiger partial charge in [0, 0.05) is 4.90 Å². The molecule has 1 aromatic carbocycles. The van der Waals surface area contributed by atoms with Crippen LogP contribution >= 0.6 is 34.9 Å². The summed E-state index contributed by atoms with van der Waals surface area (Å²) < 4.78 is 49.0. The molecule has 10 heteroatoms. The van der Waals surface area contributed by atoms with E-state index in [4.69, 9.17) is 0 Å². The smallest absolute Gasteiger partial charge is 0.218 e. The zero-order valence-electron chi connectivity index (χ0n) is 10.7. The van der Waals surface area contributed by atoms with Gasteiger partial charge in [-0.05, 0) is 30.0 Å². The third-order valence-corrected chi connectivity index (χ3v) is 6.64. The lowest BCUT2D eigenvalue weighted by Gasteiger charge is -2.03. The van der Waals surface area contributed by atoms with Gasteiger partial charge in [-0.1, -0.05) is 41.8 Å². The zero-order chi connectivity index (χ0) is 15.5. The first-order valence-electron chi connectivity index (χ1n) is 5.69. The van der Waals surface area contributed by atoms with Crippen LogP contribution < -0.4 is 0 Å². The summed E-state index contributed by atoms with van der Waals surface area (Å²) in [4.78, 5) is 0.328. The lowest BCUT2D eigenvalue weighted by Crippen LogP contribution is -2.10. The predicted octanol–water partition coefficient (Wildman–Crippen LogP) is 3.80. The normalized spacial score (nSPS) is 12.0. The highest BCUT2D eigenvalue weighted by atomic mass is 32.2. The molecule has 0 amide bonds. The van der Waals surface area contributed by atoms with Crippen LogP contribution in [0.3, 0.4) is 0 Å². The molecule has 0 fully saturated rings. The van der Waals surface area contributed by atoms with Crippen molar-refractivity contribution in [3.63, 3.8) is 0 Å². The summed E-state index contributed by atoms with van der Waals surface area (Å²) in [5.41, 5.74) is 0. The van der Waals surface area contributed by atoms with Crippen LogP contribution in [-0.2, 0) is 9.84 Å². The highest BCUT2D eigenvalue weighted by Crippen LogP contribution is 2.34. The zero-order valence-corrected chi connectivity index (χ0v) is 14.0. The van der Waals surface area contributed by atoms with Gasteiger partial charge in [0.25, 0.3) is 0 Å². The minimum absolute atomic E-state index is 0.388. The molecular weight excluding hydrogens is 358 g/mol. The first kappa shape index (κ1) is 16.7. The van der Waals surface area contributed by atoms with Crippen molar-refractivity contribution in [3.05, 3.63) is 24.3 Å². The lowest BCUT2D eigenvalue weighted by atomic mass is 10.4. The van der Waals surface area contributed by atoms with Gasteiger partial charge < -0.3 is 0 Å². The SMILES string of the molecule is CCSc1nnc(Sc2ccc(S(=O)(=O)C(F)F)cc2)s1. The third kappa shape index (κ3) is 4.15. The molecule has 0 aliphatic carbocycles. The van der Waals surface area contributed by atoms with E-state index in [1.165, 1.54) is 47.4 Å². The number of hydrogen-bond acceptors (Lipinski definition) is 7. The molecule has 1 heterocycles. The number of aromatic nitrogens is 2. The van der Waals surface area contributed by atoms with Crippen LogP contribution in [0.15, 0.2) is 42.7 Å². The number of rotatable bonds is 6. The molecule has 0 radical (unpaired) electrons. The fourth-order valence-electron chi connectivity index (χ4n) is 1.32. The molecule has 0 atom stereocenters. The van der Waals surface area contributed by atoms with Gasteiger partial charge >= 0.3 is 5.76 Å². The van der Waals surface area contributed by atoms with Crippen LogP contribution in [0.1, 0.15) is 6.92 Å².